The van der Waals surface area contributed by atoms with Gasteiger partial charge in [-0.25, -0.2) is 0 Å². The van der Waals surface area contributed by atoms with Crippen LogP contribution in [0.4, 0.5) is 0 Å². The van der Waals surface area contributed by atoms with Gasteiger partial charge in [-0.05, 0) is 62.2 Å². The van der Waals surface area contributed by atoms with Gasteiger partial charge in [-0.15, -0.1) is 11.8 Å². The van der Waals surface area contributed by atoms with E-state index in [0.717, 1.165) is 25.2 Å². The van der Waals surface area contributed by atoms with Crippen LogP contribution >= 0.6 is 11.8 Å². The van der Waals surface area contributed by atoms with E-state index < -0.39 is 0 Å². The Kier molecular flexibility index (Phi) is 9.97. The number of thioether (sulfide) groups is 1. The highest BCUT2D eigenvalue weighted by Gasteiger charge is 2.16. The number of nitrogens with zero attached hydrogens (tertiary/aromatic N) is 1. The smallest absolute Gasteiger partial charge is 0.0917 e. The Balaban J connectivity index is 1.73. The van der Waals surface area contributed by atoms with Gasteiger partial charge >= 0.3 is 0 Å². The van der Waals surface area contributed by atoms with Crippen LogP contribution in [0.1, 0.15) is 81.9 Å². The van der Waals surface area contributed by atoms with Crippen LogP contribution in [0.5, 0.6) is 0 Å². The monoisotopic (exact) mass is 363 g/mol. The number of unbranched alkanes of at least 4 members (excludes halogenated alkanes) is 5. The maximum Gasteiger partial charge on any atom is 0.0917 e. The van der Waals surface area contributed by atoms with Gasteiger partial charge in [0.05, 0.1) is 6.10 Å². The third-order valence-electron chi connectivity index (χ3n) is 5.22. The molecule has 0 aliphatic carbocycles. The van der Waals surface area contributed by atoms with E-state index in [0.29, 0.717) is 0 Å². The second-order valence-corrected chi connectivity index (χ2v) is 8.65. The zero-order valence-electron chi connectivity index (χ0n) is 16.3. The summed E-state index contributed by atoms with van der Waals surface area (Å²) in [5.41, 5.74) is 2.39. The van der Waals surface area contributed by atoms with Crippen LogP contribution in [0.15, 0.2) is 23.1 Å². The number of likely N-dealkylation sites (tertiary alicyclic amines) is 1. The van der Waals surface area contributed by atoms with E-state index in [1.54, 1.807) is 0 Å². The number of rotatable bonds is 11. The average molecular weight is 364 g/mol. The fourth-order valence-electron chi connectivity index (χ4n) is 3.60. The van der Waals surface area contributed by atoms with Crippen LogP contribution in [0.2, 0.25) is 0 Å². The summed E-state index contributed by atoms with van der Waals surface area (Å²) in [6, 6.07) is 6.54. The SMILES string of the molecule is CCCCCCCCSc1ccc(C(O)CN2CCCCC2)cc1C. The van der Waals surface area contributed by atoms with E-state index in [9.17, 15) is 5.11 Å². The maximum atomic E-state index is 10.6. The summed E-state index contributed by atoms with van der Waals surface area (Å²) in [4.78, 5) is 3.78. The summed E-state index contributed by atoms with van der Waals surface area (Å²) in [5, 5.41) is 10.6. The van der Waals surface area contributed by atoms with Crippen LogP contribution < -0.4 is 0 Å². The van der Waals surface area contributed by atoms with Gasteiger partial charge in [-0.1, -0.05) is 57.6 Å². The molecule has 0 radical (unpaired) electrons. The van der Waals surface area contributed by atoms with Crippen LogP contribution in [0.25, 0.3) is 0 Å². The first kappa shape index (κ1) is 20.8. The molecule has 25 heavy (non-hydrogen) atoms. The molecule has 1 aromatic rings. The summed E-state index contributed by atoms with van der Waals surface area (Å²) in [6.07, 6.45) is 11.7. The van der Waals surface area contributed by atoms with E-state index in [4.69, 9.17) is 0 Å². The summed E-state index contributed by atoms with van der Waals surface area (Å²) < 4.78 is 0. The molecule has 0 aromatic heterocycles. The van der Waals surface area contributed by atoms with Gasteiger partial charge in [0.1, 0.15) is 0 Å². The minimum atomic E-state index is -0.352. The largest absolute Gasteiger partial charge is 0.387 e. The summed E-state index contributed by atoms with van der Waals surface area (Å²) in [6.45, 7) is 7.51. The van der Waals surface area contributed by atoms with Gasteiger partial charge in [0.25, 0.3) is 0 Å². The minimum Gasteiger partial charge on any atom is -0.387 e. The van der Waals surface area contributed by atoms with Crippen molar-refractivity contribution < 1.29 is 5.11 Å². The van der Waals surface area contributed by atoms with Gasteiger partial charge in [-0.3, -0.25) is 0 Å². The highest BCUT2D eigenvalue weighted by molar-refractivity contribution is 7.99. The van der Waals surface area contributed by atoms with E-state index in [-0.39, 0.29) is 6.10 Å². The molecular formula is C22H37NOS. The first-order valence-corrected chi connectivity index (χ1v) is 11.3. The molecule has 1 aliphatic rings. The molecule has 0 amide bonds. The summed E-state index contributed by atoms with van der Waals surface area (Å²) >= 11 is 1.97. The van der Waals surface area contributed by atoms with Crippen molar-refractivity contribution in [3.63, 3.8) is 0 Å². The molecule has 1 aromatic carbocycles. The lowest BCUT2D eigenvalue weighted by Gasteiger charge is -2.28. The zero-order chi connectivity index (χ0) is 17.9. The Labute approximate surface area is 159 Å². The maximum absolute atomic E-state index is 10.6. The van der Waals surface area contributed by atoms with Gasteiger partial charge in [0.15, 0.2) is 0 Å². The number of aliphatic hydroxyl groups excluding tert-OH is 1. The molecule has 1 N–H and O–H groups in total. The van der Waals surface area contributed by atoms with E-state index in [1.165, 1.54) is 74.0 Å². The second-order valence-electron chi connectivity index (χ2n) is 7.52. The Morgan fingerprint density at radius 3 is 2.48 bits per heavy atom. The van der Waals surface area contributed by atoms with Crippen LogP contribution in [0, 0.1) is 6.92 Å². The van der Waals surface area contributed by atoms with Crippen molar-refractivity contribution in [1.82, 2.24) is 4.90 Å². The van der Waals surface area contributed by atoms with Gasteiger partial charge in [-0.2, -0.15) is 0 Å². The molecule has 1 fully saturated rings. The average Bonchev–Trinajstić information content (AvgIpc) is 2.63. The van der Waals surface area contributed by atoms with Crippen molar-refractivity contribution in [3.8, 4) is 0 Å². The number of benzene rings is 1. The number of aliphatic hydroxyl groups is 1. The highest BCUT2D eigenvalue weighted by Crippen LogP contribution is 2.27. The van der Waals surface area contributed by atoms with E-state index in [1.807, 2.05) is 11.8 Å². The van der Waals surface area contributed by atoms with Crippen molar-refractivity contribution in [2.45, 2.75) is 82.6 Å². The molecule has 1 saturated heterocycles. The Bertz CT molecular complexity index is 485. The molecule has 1 atom stereocenters. The summed E-state index contributed by atoms with van der Waals surface area (Å²) in [5.74, 6) is 1.21. The normalized spacial score (nSPS) is 16.9. The first-order valence-electron chi connectivity index (χ1n) is 10.3. The predicted molar refractivity (Wildman–Crippen MR) is 111 cm³/mol. The minimum absolute atomic E-state index is 0.352. The Hall–Kier alpha value is -0.510. The third kappa shape index (κ3) is 7.72. The first-order chi connectivity index (χ1) is 12.2. The van der Waals surface area contributed by atoms with Crippen molar-refractivity contribution in [2.24, 2.45) is 0 Å². The number of hydrogen-bond acceptors (Lipinski definition) is 3. The van der Waals surface area contributed by atoms with Crippen molar-refractivity contribution in [2.75, 3.05) is 25.4 Å². The Morgan fingerprint density at radius 2 is 1.76 bits per heavy atom. The number of β-amino-alcohol motifs (C(OH)–C–C–N with tert-alkyl or cyclic N) is 1. The lowest BCUT2D eigenvalue weighted by Crippen LogP contribution is -2.33. The van der Waals surface area contributed by atoms with Gasteiger partial charge in [0.2, 0.25) is 0 Å². The molecular weight excluding hydrogens is 326 g/mol. The molecule has 0 saturated carbocycles. The fourth-order valence-corrected chi connectivity index (χ4v) is 4.62. The van der Waals surface area contributed by atoms with Crippen molar-refractivity contribution in [1.29, 1.82) is 0 Å². The van der Waals surface area contributed by atoms with Crippen molar-refractivity contribution >= 4 is 11.8 Å². The molecule has 3 heteroatoms. The summed E-state index contributed by atoms with van der Waals surface area (Å²) in [7, 11) is 0. The van der Waals surface area contributed by atoms with Gasteiger partial charge < -0.3 is 10.0 Å². The topological polar surface area (TPSA) is 23.5 Å². The molecule has 2 rings (SSSR count). The number of aryl methyl sites for hydroxylation is 1. The number of piperidine rings is 1. The molecule has 0 bridgehead atoms. The lowest BCUT2D eigenvalue weighted by atomic mass is 10.0. The molecule has 142 valence electrons. The van der Waals surface area contributed by atoms with Crippen LogP contribution in [0.3, 0.4) is 0 Å². The molecule has 1 aliphatic heterocycles. The molecule has 2 nitrogen and oxygen atoms in total. The number of hydrogen-bond donors (Lipinski definition) is 1. The quantitative estimate of drug-likeness (QED) is 0.387. The molecule has 0 spiro atoms. The Morgan fingerprint density at radius 1 is 1.04 bits per heavy atom. The van der Waals surface area contributed by atoms with Crippen LogP contribution in [-0.4, -0.2) is 35.4 Å². The molecule has 1 unspecified atom stereocenters. The van der Waals surface area contributed by atoms with Crippen LogP contribution in [-0.2, 0) is 0 Å². The lowest BCUT2D eigenvalue weighted by molar-refractivity contribution is 0.101. The fraction of sp³-hybridized carbons (Fsp3) is 0.727. The standard InChI is InChI=1S/C22H37NOS/c1-3-4-5-6-7-11-16-25-22-13-12-20(17-19(22)2)21(24)18-23-14-9-8-10-15-23/h12-13,17,21,24H,3-11,14-16,18H2,1-2H3. The third-order valence-corrected chi connectivity index (χ3v) is 6.48. The molecule has 1 heterocycles. The predicted octanol–water partition coefficient (Wildman–Crippen LogP) is 5.97. The zero-order valence-corrected chi connectivity index (χ0v) is 17.1. The van der Waals surface area contributed by atoms with E-state index in [2.05, 4.69) is 36.9 Å². The second kappa shape index (κ2) is 12.0. The highest BCUT2D eigenvalue weighted by atomic mass is 32.2. The van der Waals surface area contributed by atoms with E-state index >= 15 is 0 Å². The van der Waals surface area contributed by atoms with Gasteiger partial charge in [0, 0.05) is 11.4 Å². The van der Waals surface area contributed by atoms with Crippen molar-refractivity contribution in [3.05, 3.63) is 29.3 Å².